The number of ether oxygens (including phenoxy) is 2. The van der Waals surface area contributed by atoms with Crippen LogP contribution in [0.15, 0.2) is 84.8 Å². The van der Waals surface area contributed by atoms with Gasteiger partial charge in [0.05, 0.1) is 6.04 Å². The molecule has 1 heterocycles. The zero-order chi connectivity index (χ0) is 31.5. The number of amides is 2. The third kappa shape index (κ3) is 8.86. The number of benzene rings is 2. The van der Waals surface area contributed by atoms with Gasteiger partial charge in [-0.15, -0.1) is 13.2 Å². The van der Waals surface area contributed by atoms with Crippen molar-refractivity contribution >= 4 is 17.8 Å². The summed E-state index contributed by atoms with van der Waals surface area (Å²) in [6.45, 7) is 9.55. The van der Waals surface area contributed by atoms with Crippen molar-refractivity contribution in [3.63, 3.8) is 0 Å². The molecule has 10 nitrogen and oxygen atoms in total. The first-order valence-corrected chi connectivity index (χ1v) is 13.2. The van der Waals surface area contributed by atoms with Gasteiger partial charge in [-0.05, 0) is 18.6 Å². The maximum absolute atomic E-state index is 14.2. The zero-order valence-electron chi connectivity index (χ0n) is 23.7. The van der Waals surface area contributed by atoms with Crippen molar-refractivity contribution < 1.29 is 32.6 Å². The van der Waals surface area contributed by atoms with E-state index in [1.54, 1.807) is 37.3 Å². The molecule has 3 aromatic rings. The molecule has 0 aliphatic heterocycles. The molecule has 226 valence electrons. The molecule has 0 spiro atoms. The van der Waals surface area contributed by atoms with Crippen molar-refractivity contribution in [1.82, 2.24) is 15.3 Å². The van der Waals surface area contributed by atoms with Gasteiger partial charge in [0.25, 0.3) is 11.8 Å². The van der Waals surface area contributed by atoms with Crippen molar-refractivity contribution in [3.8, 4) is 5.75 Å². The number of pyridine rings is 1. The van der Waals surface area contributed by atoms with Gasteiger partial charge in [-0.3, -0.25) is 23.9 Å². The molecule has 3 N–H and O–H groups in total. The molecule has 1 aromatic heterocycles. The second-order valence-electron chi connectivity index (χ2n) is 9.38. The van der Waals surface area contributed by atoms with Gasteiger partial charge in [0, 0.05) is 37.3 Å². The summed E-state index contributed by atoms with van der Waals surface area (Å²) in [6, 6.07) is 10.4. The minimum atomic E-state index is -0.921. The first-order valence-electron chi connectivity index (χ1n) is 13.2. The molecule has 0 aliphatic rings. The van der Waals surface area contributed by atoms with Crippen LogP contribution in [0.4, 0.5) is 8.78 Å². The standard InChI is InChI=1S/C31H32F2N4O6/c1-5-19(3)35-31(41)27-29(43-17-21-10-8-7-9-11-21)28(39)25(16-37(27)36-24(6-2)18-42-20(4)38)30(40)34-15-22-12-13-23(32)14-26(22)33/h5-14,16,19,24,36H,1-2,15,17-18H2,3-4H3,(H,34,40)(H,35,41)/t19-,24-/m0/s1. The number of carbonyl (C=O) groups excluding carboxylic acids is 3. The van der Waals surface area contributed by atoms with Crippen molar-refractivity contribution in [2.45, 2.75) is 39.1 Å². The molecule has 43 heavy (non-hydrogen) atoms. The number of aromatic nitrogens is 1. The number of hydrogen-bond acceptors (Lipinski definition) is 7. The minimum Gasteiger partial charge on any atom is -0.482 e. The number of hydrogen-bond donors (Lipinski definition) is 3. The Hall–Kier alpha value is -5.26. The number of rotatable bonds is 14. The summed E-state index contributed by atoms with van der Waals surface area (Å²) in [6.07, 6.45) is 3.95. The van der Waals surface area contributed by atoms with Gasteiger partial charge in [-0.2, -0.15) is 0 Å². The summed E-state index contributed by atoms with van der Waals surface area (Å²) in [5, 5.41) is 5.12. The minimum absolute atomic E-state index is 0.0173. The molecule has 3 rings (SSSR count). The molecule has 0 fully saturated rings. The van der Waals surface area contributed by atoms with Crippen LogP contribution in [0.3, 0.4) is 0 Å². The quantitative estimate of drug-likeness (QED) is 0.192. The largest absolute Gasteiger partial charge is 0.482 e. The van der Waals surface area contributed by atoms with E-state index in [2.05, 4.69) is 29.2 Å². The lowest BCUT2D eigenvalue weighted by Gasteiger charge is -2.24. The summed E-state index contributed by atoms with van der Waals surface area (Å²) >= 11 is 0. The van der Waals surface area contributed by atoms with E-state index in [1.165, 1.54) is 19.1 Å². The number of nitrogens with zero attached hydrogens (tertiary/aromatic N) is 1. The third-order valence-corrected chi connectivity index (χ3v) is 6.07. The van der Waals surface area contributed by atoms with E-state index in [4.69, 9.17) is 9.47 Å². The van der Waals surface area contributed by atoms with E-state index >= 15 is 0 Å². The fourth-order valence-corrected chi connectivity index (χ4v) is 3.74. The molecule has 2 amide bonds. The van der Waals surface area contributed by atoms with E-state index in [0.717, 1.165) is 23.0 Å². The summed E-state index contributed by atoms with van der Waals surface area (Å²) in [5.41, 5.74) is 1.90. The number of carbonyl (C=O) groups is 3. The van der Waals surface area contributed by atoms with Crippen LogP contribution in [0.25, 0.3) is 0 Å². The predicted octanol–water partition coefficient (Wildman–Crippen LogP) is 3.60. The van der Waals surface area contributed by atoms with E-state index in [1.807, 2.05) is 0 Å². The van der Waals surface area contributed by atoms with Gasteiger partial charge in [0.2, 0.25) is 5.43 Å². The molecule has 0 aliphatic carbocycles. The number of esters is 1. The summed E-state index contributed by atoms with van der Waals surface area (Å²) in [4.78, 5) is 51.9. The lowest BCUT2D eigenvalue weighted by Crippen LogP contribution is -2.41. The van der Waals surface area contributed by atoms with Crippen molar-refractivity contribution in [3.05, 3.63) is 124 Å². The maximum atomic E-state index is 14.2. The Morgan fingerprint density at radius 1 is 1.05 bits per heavy atom. The van der Waals surface area contributed by atoms with Crippen LogP contribution in [0, 0.1) is 11.6 Å². The predicted molar refractivity (Wildman–Crippen MR) is 156 cm³/mol. The van der Waals surface area contributed by atoms with Gasteiger partial charge in [-0.25, -0.2) is 8.78 Å². The van der Waals surface area contributed by atoms with E-state index in [-0.39, 0.29) is 31.0 Å². The normalized spacial score (nSPS) is 11.9. The Morgan fingerprint density at radius 2 is 1.77 bits per heavy atom. The van der Waals surface area contributed by atoms with Crippen LogP contribution < -0.4 is 26.2 Å². The van der Waals surface area contributed by atoms with Crippen molar-refractivity contribution in [2.24, 2.45) is 0 Å². The lowest BCUT2D eigenvalue weighted by atomic mass is 10.1. The second-order valence-corrected chi connectivity index (χ2v) is 9.38. The highest BCUT2D eigenvalue weighted by Gasteiger charge is 2.27. The Balaban J connectivity index is 2.12. The Kier molecular flexibility index (Phi) is 11.3. The van der Waals surface area contributed by atoms with Gasteiger partial charge in [0.15, 0.2) is 11.4 Å². The Labute approximate surface area is 247 Å². The summed E-state index contributed by atoms with van der Waals surface area (Å²) in [5.74, 6) is -4.35. The zero-order valence-corrected chi connectivity index (χ0v) is 23.7. The molecule has 0 unspecified atom stereocenters. The topological polar surface area (TPSA) is 128 Å². The van der Waals surface area contributed by atoms with Crippen LogP contribution in [-0.2, 0) is 22.7 Å². The molecule has 2 atom stereocenters. The van der Waals surface area contributed by atoms with Crippen LogP contribution in [0.5, 0.6) is 5.75 Å². The molecule has 12 heteroatoms. The van der Waals surface area contributed by atoms with E-state index in [0.29, 0.717) is 11.6 Å². The summed E-state index contributed by atoms with van der Waals surface area (Å²) < 4.78 is 39.5. The van der Waals surface area contributed by atoms with Gasteiger partial charge in [0.1, 0.15) is 30.4 Å². The van der Waals surface area contributed by atoms with E-state index < -0.39 is 58.2 Å². The maximum Gasteiger partial charge on any atom is 0.302 e. The molecule has 0 radical (unpaired) electrons. The monoisotopic (exact) mass is 594 g/mol. The van der Waals surface area contributed by atoms with Crippen molar-refractivity contribution in [2.75, 3.05) is 12.0 Å². The number of halogens is 2. The average Bonchev–Trinajstić information content (AvgIpc) is 2.98. The van der Waals surface area contributed by atoms with Crippen LogP contribution in [0.2, 0.25) is 0 Å². The highest BCUT2D eigenvalue weighted by molar-refractivity contribution is 5.99. The highest BCUT2D eigenvalue weighted by Crippen LogP contribution is 2.18. The molecular weight excluding hydrogens is 562 g/mol. The first kappa shape index (κ1) is 32.3. The smallest absolute Gasteiger partial charge is 0.302 e. The molecule has 0 bridgehead atoms. The molecule has 0 saturated heterocycles. The van der Waals surface area contributed by atoms with Gasteiger partial charge >= 0.3 is 5.97 Å². The lowest BCUT2D eigenvalue weighted by molar-refractivity contribution is -0.141. The van der Waals surface area contributed by atoms with Gasteiger partial charge in [-0.1, -0.05) is 48.6 Å². The van der Waals surface area contributed by atoms with Crippen molar-refractivity contribution in [1.29, 1.82) is 0 Å². The number of nitrogens with one attached hydrogen (secondary N) is 3. The summed E-state index contributed by atoms with van der Waals surface area (Å²) in [7, 11) is 0. The fourth-order valence-electron chi connectivity index (χ4n) is 3.74. The second kappa shape index (κ2) is 15.1. The third-order valence-electron chi connectivity index (χ3n) is 6.07. The van der Waals surface area contributed by atoms with E-state index in [9.17, 15) is 28.0 Å². The Bertz CT molecular complexity index is 1560. The highest BCUT2D eigenvalue weighted by atomic mass is 19.1. The Morgan fingerprint density at radius 3 is 2.40 bits per heavy atom. The average molecular weight is 595 g/mol. The first-order chi connectivity index (χ1) is 20.5. The molecule has 2 aromatic carbocycles. The van der Waals surface area contributed by atoms with Crippen LogP contribution in [-0.4, -0.2) is 41.2 Å². The van der Waals surface area contributed by atoms with Crippen LogP contribution >= 0.6 is 0 Å². The SMILES string of the molecule is C=C[C@H](C)NC(=O)c1c(OCc2ccccc2)c(=O)c(C(=O)NCc2ccc(F)cc2F)cn1N[C@@H](C=C)COC(C)=O. The van der Waals surface area contributed by atoms with Crippen LogP contribution in [0.1, 0.15) is 45.8 Å². The molecular formula is C31H32F2N4O6. The molecule has 0 saturated carbocycles. The fraction of sp³-hybridized carbons (Fsp3) is 0.226. The van der Waals surface area contributed by atoms with Gasteiger partial charge < -0.3 is 25.5 Å².